The number of rotatable bonds is 3. The van der Waals surface area contributed by atoms with Gasteiger partial charge >= 0.3 is 12.4 Å². The molecule has 218 valence electrons. The van der Waals surface area contributed by atoms with E-state index in [1.165, 1.54) is 0 Å². The average Bonchev–Trinajstić information content (AvgIpc) is 3.40. The van der Waals surface area contributed by atoms with Gasteiger partial charge in [0.15, 0.2) is 6.20 Å². The number of aryl methyl sites for hydroxylation is 2. The third-order valence-corrected chi connectivity index (χ3v) is 9.09. The molecular weight excluding hydrogens is 579 g/mol. The summed E-state index contributed by atoms with van der Waals surface area (Å²) < 4.78 is 107. The Balaban J connectivity index is 1.74. The zero-order valence-corrected chi connectivity index (χ0v) is 24.1. The van der Waals surface area contributed by atoms with Crippen LogP contribution in [0, 0.1) is 25.6 Å². The molecule has 0 unspecified atom stereocenters. The van der Waals surface area contributed by atoms with Crippen molar-refractivity contribution in [2.75, 3.05) is 0 Å². The van der Waals surface area contributed by atoms with E-state index in [-0.39, 0.29) is 39.2 Å². The number of thiophene rings is 1. The predicted molar refractivity (Wildman–Crippen MR) is 151 cm³/mol. The maximum Gasteiger partial charge on any atom is 0.419 e. The summed E-state index contributed by atoms with van der Waals surface area (Å²) in [6.45, 7) is 7.37. The maximum atomic E-state index is 14.5. The first-order chi connectivity index (χ1) is 19.6. The summed E-state index contributed by atoms with van der Waals surface area (Å²) in [4.78, 5) is 0. The number of furan rings is 1. The number of nitrogens with zero attached hydrogens (tertiary/aromatic N) is 1. The van der Waals surface area contributed by atoms with Crippen LogP contribution in [0.5, 0.6) is 0 Å². The molecule has 0 fully saturated rings. The van der Waals surface area contributed by atoms with Crippen LogP contribution in [0.1, 0.15) is 41.7 Å². The average molecular weight is 605 g/mol. The molecule has 0 saturated carbocycles. The number of alkyl halides is 6. The van der Waals surface area contributed by atoms with Gasteiger partial charge in [-0.15, -0.1) is 11.3 Å². The van der Waals surface area contributed by atoms with E-state index in [4.69, 9.17) is 4.42 Å². The topological polar surface area (TPSA) is 17.0 Å². The van der Waals surface area contributed by atoms with Crippen LogP contribution in [0.3, 0.4) is 0 Å². The van der Waals surface area contributed by atoms with Gasteiger partial charge in [-0.05, 0) is 55.0 Å². The Morgan fingerprint density at radius 3 is 2.19 bits per heavy atom. The van der Waals surface area contributed by atoms with Gasteiger partial charge in [-0.3, -0.25) is 0 Å². The Kier molecular flexibility index (Phi) is 6.38. The van der Waals surface area contributed by atoms with Crippen molar-refractivity contribution < 1.29 is 39.7 Å². The summed E-state index contributed by atoms with van der Waals surface area (Å²) in [6, 6.07) is 8.23. The van der Waals surface area contributed by atoms with Crippen molar-refractivity contribution in [1.82, 2.24) is 0 Å². The normalized spacial score (nSPS) is 13.1. The van der Waals surface area contributed by atoms with Crippen LogP contribution >= 0.6 is 11.3 Å². The van der Waals surface area contributed by atoms with E-state index in [0.29, 0.717) is 32.1 Å². The highest BCUT2D eigenvalue weighted by atomic mass is 32.1. The summed E-state index contributed by atoms with van der Waals surface area (Å²) >= 11 is 1.04. The molecule has 0 aliphatic heterocycles. The quantitative estimate of drug-likeness (QED) is 0.145. The van der Waals surface area contributed by atoms with Crippen LogP contribution in [0.2, 0.25) is 0 Å². The van der Waals surface area contributed by atoms with Crippen LogP contribution in [-0.2, 0) is 25.8 Å². The predicted octanol–water partition coefficient (Wildman–Crippen LogP) is 10.4. The fourth-order valence-corrected chi connectivity index (χ4v) is 7.33. The van der Waals surface area contributed by atoms with Crippen LogP contribution in [0.4, 0.5) is 30.7 Å². The molecule has 3 aromatic heterocycles. The standard InChI is InChI=1S/C32H25F7NOS/c1-14(2)10-17-6-7-18-19-8-9-40(5)27(30(19)42-29(18)26(17)32(37,38)39)25-16(4)15(3)11-21-20-12-22(31(34,35)36)23(33)13-24(20)41-28(21)25/h6-9,11-14H,10H2,1-5H3/q+1. The molecule has 3 aromatic carbocycles. The molecule has 0 aliphatic rings. The van der Waals surface area contributed by atoms with E-state index in [0.717, 1.165) is 34.6 Å². The second-order valence-electron chi connectivity index (χ2n) is 11.2. The van der Waals surface area contributed by atoms with Gasteiger partial charge in [-0.2, -0.15) is 30.9 Å². The number of benzene rings is 3. The fraction of sp³-hybridized carbons (Fsp3) is 0.281. The number of aromatic nitrogens is 1. The summed E-state index contributed by atoms with van der Waals surface area (Å²) in [5.41, 5.74) is 0.965. The first kappa shape index (κ1) is 28.5. The molecule has 6 rings (SSSR count). The van der Waals surface area contributed by atoms with Gasteiger partial charge in [0.1, 0.15) is 28.7 Å². The molecule has 0 spiro atoms. The summed E-state index contributed by atoms with van der Waals surface area (Å²) in [6.07, 6.45) is -7.45. The Morgan fingerprint density at radius 2 is 1.55 bits per heavy atom. The molecule has 0 N–H and O–H groups in total. The van der Waals surface area contributed by atoms with E-state index in [2.05, 4.69) is 0 Å². The molecule has 0 aliphatic carbocycles. The third kappa shape index (κ3) is 4.33. The van der Waals surface area contributed by atoms with Gasteiger partial charge in [0.25, 0.3) is 0 Å². The van der Waals surface area contributed by atoms with E-state index in [1.807, 2.05) is 20.8 Å². The second-order valence-corrected chi connectivity index (χ2v) is 12.2. The molecule has 0 bridgehead atoms. The van der Waals surface area contributed by atoms with Crippen LogP contribution in [-0.4, -0.2) is 0 Å². The van der Waals surface area contributed by atoms with Crippen LogP contribution in [0.15, 0.2) is 47.0 Å². The molecule has 0 atom stereocenters. The van der Waals surface area contributed by atoms with E-state index < -0.39 is 29.3 Å². The van der Waals surface area contributed by atoms with Crippen molar-refractivity contribution in [3.8, 4) is 11.3 Å². The van der Waals surface area contributed by atoms with Crippen LogP contribution in [0.25, 0.3) is 53.4 Å². The van der Waals surface area contributed by atoms with Gasteiger partial charge < -0.3 is 4.42 Å². The number of hydrogen-bond donors (Lipinski definition) is 0. The highest BCUT2D eigenvalue weighted by Crippen LogP contribution is 2.48. The highest BCUT2D eigenvalue weighted by Gasteiger charge is 2.38. The van der Waals surface area contributed by atoms with Gasteiger partial charge in [-0.25, -0.2) is 4.39 Å². The monoisotopic (exact) mass is 604 g/mol. The number of fused-ring (bicyclic) bond motifs is 6. The lowest BCUT2D eigenvalue weighted by atomic mass is 9.94. The molecule has 10 heteroatoms. The van der Waals surface area contributed by atoms with Gasteiger partial charge in [0.05, 0.1) is 16.7 Å². The van der Waals surface area contributed by atoms with Crippen molar-refractivity contribution >= 4 is 53.4 Å². The van der Waals surface area contributed by atoms with Crippen molar-refractivity contribution in [2.24, 2.45) is 13.0 Å². The van der Waals surface area contributed by atoms with Crippen molar-refractivity contribution in [3.05, 3.63) is 76.2 Å². The summed E-state index contributed by atoms with van der Waals surface area (Å²) in [7, 11) is 1.76. The largest absolute Gasteiger partial charge is 0.455 e. The van der Waals surface area contributed by atoms with E-state index >= 15 is 0 Å². The first-order valence-electron chi connectivity index (χ1n) is 13.2. The Labute approximate surface area is 240 Å². The van der Waals surface area contributed by atoms with Gasteiger partial charge in [0.2, 0.25) is 5.69 Å². The lowest BCUT2D eigenvalue weighted by molar-refractivity contribution is -0.659. The minimum Gasteiger partial charge on any atom is -0.455 e. The molecular formula is C32H25F7NOS+. The molecule has 3 heterocycles. The SMILES string of the molecule is Cc1cc2c(oc3cc(F)c(C(F)(F)F)cc32)c(-c2c3sc4c(C(F)(F)F)c(CC(C)C)ccc4c3cc[n+]2C)c1C. The van der Waals surface area contributed by atoms with Crippen molar-refractivity contribution in [1.29, 1.82) is 0 Å². The molecule has 0 radical (unpaired) electrons. The third-order valence-electron chi connectivity index (χ3n) is 7.84. The number of halogens is 7. The van der Waals surface area contributed by atoms with Crippen molar-refractivity contribution in [3.63, 3.8) is 0 Å². The smallest absolute Gasteiger partial charge is 0.419 e. The highest BCUT2D eigenvalue weighted by molar-refractivity contribution is 7.26. The maximum absolute atomic E-state index is 14.5. The zero-order chi connectivity index (χ0) is 30.5. The number of hydrogen-bond acceptors (Lipinski definition) is 2. The number of pyridine rings is 1. The molecule has 42 heavy (non-hydrogen) atoms. The minimum atomic E-state index is -4.90. The Morgan fingerprint density at radius 1 is 0.857 bits per heavy atom. The fourth-order valence-electron chi connectivity index (χ4n) is 5.85. The van der Waals surface area contributed by atoms with E-state index in [1.54, 1.807) is 49.0 Å². The Hall–Kier alpha value is -3.66. The van der Waals surface area contributed by atoms with Crippen LogP contribution < -0.4 is 4.57 Å². The van der Waals surface area contributed by atoms with E-state index in [9.17, 15) is 30.7 Å². The minimum absolute atomic E-state index is 0.0188. The first-order valence-corrected chi connectivity index (χ1v) is 14.1. The molecule has 0 saturated heterocycles. The van der Waals surface area contributed by atoms with Gasteiger partial charge in [-0.1, -0.05) is 26.0 Å². The molecule has 0 amide bonds. The van der Waals surface area contributed by atoms with Crippen molar-refractivity contribution in [2.45, 2.75) is 46.5 Å². The molecule has 2 nitrogen and oxygen atoms in total. The summed E-state index contributed by atoms with van der Waals surface area (Å²) in [5, 5.41) is 1.56. The second kappa shape index (κ2) is 9.42. The zero-order valence-electron chi connectivity index (χ0n) is 23.2. The molecule has 6 aromatic rings. The lowest BCUT2D eigenvalue weighted by Gasteiger charge is -2.15. The van der Waals surface area contributed by atoms with Gasteiger partial charge in [0, 0.05) is 38.4 Å². The summed E-state index contributed by atoms with van der Waals surface area (Å²) in [5.74, 6) is -1.43. The Bertz CT molecular complexity index is 2060. The lowest BCUT2D eigenvalue weighted by Crippen LogP contribution is -2.30.